The minimum atomic E-state index is -4.46. The number of para-hydroxylation sites is 1. The highest BCUT2D eigenvalue weighted by Crippen LogP contribution is 2.37. The minimum absolute atomic E-state index is 0.105. The van der Waals surface area contributed by atoms with Gasteiger partial charge in [0.25, 0.3) is 5.91 Å². The number of likely N-dealkylation sites (tertiary alicyclic amines) is 1. The van der Waals surface area contributed by atoms with Gasteiger partial charge in [0.05, 0.1) is 39.3 Å². The van der Waals surface area contributed by atoms with Gasteiger partial charge in [0.15, 0.2) is 5.82 Å². The van der Waals surface area contributed by atoms with Crippen molar-refractivity contribution in [3.05, 3.63) is 70.6 Å². The molecule has 1 aliphatic heterocycles. The Balaban J connectivity index is 1.42. The number of carbonyl (C=O) groups excluding carboxylic acids is 1. The molecule has 164 valence electrons. The first-order valence-electron chi connectivity index (χ1n) is 10.1. The van der Waals surface area contributed by atoms with Crippen LogP contribution in [0.4, 0.5) is 13.2 Å². The molecule has 0 bridgehead atoms. The monoisotopic (exact) mass is 457 g/mol. The van der Waals surface area contributed by atoms with Crippen molar-refractivity contribution in [2.45, 2.75) is 32.0 Å². The van der Waals surface area contributed by atoms with Gasteiger partial charge >= 0.3 is 6.18 Å². The van der Waals surface area contributed by atoms with Crippen molar-refractivity contribution < 1.29 is 18.0 Å². The van der Waals surface area contributed by atoms with Crippen molar-refractivity contribution in [1.82, 2.24) is 24.6 Å². The number of hydrogen-bond acceptors (Lipinski definition) is 5. The zero-order chi connectivity index (χ0) is 22.5. The van der Waals surface area contributed by atoms with Gasteiger partial charge in [-0.1, -0.05) is 12.1 Å². The Morgan fingerprint density at radius 3 is 2.69 bits per heavy atom. The second-order valence-electron chi connectivity index (χ2n) is 7.63. The summed E-state index contributed by atoms with van der Waals surface area (Å²) in [5, 5.41) is 5.12. The molecule has 0 aliphatic carbocycles. The van der Waals surface area contributed by atoms with E-state index in [-0.39, 0.29) is 17.8 Å². The highest BCUT2D eigenvalue weighted by molar-refractivity contribution is 7.18. The molecule has 0 spiro atoms. The first-order valence-corrected chi connectivity index (χ1v) is 10.9. The van der Waals surface area contributed by atoms with Gasteiger partial charge in [0.2, 0.25) is 0 Å². The first-order chi connectivity index (χ1) is 15.3. The zero-order valence-electron chi connectivity index (χ0n) is 17.0. The average Bonchev–Trinajstić information content (AvgIpc) is 3.50. The molecule has 1 aliphatic rings. The van der Waals surface area contributed by atoms with E-state index in [2.05, 4.69) is 10.1 Å². The van der Waals surface area contributed by atoms with Crippen LogP contribution in [-0.4, -0.2) is 37.1 Å². The van der Waals surface area contributed by atoms with Crippen LogP contribution in [0.5, 0.6) is 0 Å². The van der Waals surface area contributed by atoms with Crippen molar-refractivity contribution in [1.29, 1.82) is 0 Å². The van der Waals surface area contributed by atoms with Crippen LogP contribution in [0.2, 0.25) is 0 Å². The summed E-state index contributed by atoms with van der Waals surface area (Å²) in [5.74, 6) is 0.0566. The third-order valence-corrected chi connectivity index (χ3v) is 6.78. The van der Waals surface area contributed by atoms with Crippen LogP contribution in [0.1, 0.15) is 45.5 Å². The zero-order valence-corrected chi connectivity index (χ0v) is 17.8. The highest BCUT2D eigenvalue weighted by atomic mass is 32.1. The fourth-order valence-corrected chi connectivity index (χ4v) is 5.10. The van der Waals surface area contributed by atoms with Crippen molar-refractivity contribution >= 4 is 27.5 Å². The second-order valence-corrected chi connectivity index (χ2v) is 8.70. The Kier molecular flexibility index (Phi) is 4.96. The Morgan fingerprint density at radius 2 is 1.97 bits per heavy atom. The summed E-state index contributed by atoms with van der Waals surface area (Å²) in [5.41, 5.74) is 1.01. The normalized spacial score (nSPS) is 16.8. The quantitative estimate of drug-likeness (QED) is 0.425. The van der Waals surface area contributed by atoms with Crippen molar-refractivity contribution in [2.24, 2.45) is 0 Å². The maximum atomic E-state index is 13.4. The molecule has 4 heterocycles. The number of nitrogens with zero attached hydrogens (tertiary/aromatic N) is 5. The number of alkyl halides is 3. The third-order valence-electron chi connectivity index (χ3n) is 5.64. The number of rotatable bonds is 3. The predicted octanol–water partition coefficient (Wildman–Crippen LogP) is 5.18. The predicted molar refractivity (Wildman–Crippen MR) is 114 cm³/mol. The molecule has 3 aromatic heterocycles. The van der Waals surface area contributed by atoms with Gasteiger partial charge in [-0.15, -0.1) is 11.3 Å². The minimum Gasteiger partial charge on any atom is -0.329 e. The average molecular weight is 457 g/mol. The number of benzene rings is 1. The fourth-order valence-electron chi connectivity index (χ4n) is 3.98. The van der Waals surface area contributed by atoms with E-state index < -0.39 is 11.7 Å². The van der Waals surface area contributed by atoms with Crippen LogP contribution in [0.3, 0.4) is 0 Å². The summed E-state index contributed by atoms with van der Waals surface area (Å²) < 4.78 is 40.9. The van der Waals surface area contributed by atoms with E-state index in [4.69, 9.17) is 4.98 Å². The van der Waals surface area contributed by atoms with Gasteiger partial charge in [-0.25, -0.2) is 14.6 Å². The van der Waals surface area contributed by atoms with Crippen molar-refractivity contribution in [3.63, 3.8) is 0 Å². The molecule has 1 unspecified atom stereocenters. The molecule has 0 radical (unpaired) electrons. The molecule has 1 amide bonds. The Labute approximate surface area is 185 Å². The molecule has 1 fully saturated rings. The lowest BCUT2D eigenvalue weighted by Crippen LogP contribution is -2.30. The lowest BCUT2D eigenvalue weighted by atomic mass is 10.2. The van der Waals surface area contributed by atoms with Crippen molar-refractivity contribution in [3.8, 4) is 5.82 Å². The molecule has 6 nitrogen and oxygen atoms in total. The van der Waals surface area contributed by atoms with Crippen LogP contribution in [0.15, 0.2) is 48.8 Å². The number of pyridine rings is 1. The number of carbonyl (C=O) groups is 1. The summed E-state index contributed by atoms with van der Waals surface area (Å²) >= 11 is 1.59. The summed E-state index contributed by atoms with van der Waals surface area (Å²) in [4.78, 5) is 23.8. The molecule has 1 saturated heterocycles. The summed E-state index contributed by atoms with van der Waals surface area (Å²) in [6.45, 7) is 2.32. The number of amides is 1. The van der Waals surface area contributed by atoms with Gasteiger partial charge in [-0.3, -0.25) is 4.79 Å². The van der Waals surface area contributed by atoms with Crippen LogP contribution >= 0.6 is 11.3 Å². The van der Waals surface area contributed by atoms with Crippen LogP contribution in [0, 0.1) is 6.92 Å². The van der Waals surface area contributed by atoms with Gasteiger partial charge in [-0.2, -0.15) is 18.3 Å². The van der Waals surface area contributed by atoms with E-state index in [1.54, 1.807) is 18.3 Å². The topological polar surface area (TPSA) is 63.9 Å². The Bertz CT molecular complexity index is 1260. The molecular weight excluding hydrogens is 439 g/mol. The molecule has 0 N–H and O–H groups in total. The first kappa shape index (κ1) is 20.6. The maximum Gasteiger partial charge on any atom is 0.417 e. The fraction of sp³-hybridized carbons (Fsp3) is 0.273. The number of thiazole rings is 1. The molecule has 0 saturated carbocycles. The number of aromatic nitrogens is 4. The van der Waals surface area contributed by atoms with Gasteiger partial charge in [0, 0.05) is 12.7 Å². The summed E-state index contributed by atoms with van der Waals surface area (Å²) in [6, 6.07) is 9.98. The third kappa shape index (κ3) is 3.54. The molecule has 5 rings (SSSR count). The van der Waals surface area contributed by atoms with Crippen LogP contribution < -0.4 is 0 Å². The highest BCUT2D eigenvalue weighted by Gasteiger charge is 2.34. The molecule has 4 aromatic rings. The summed E-state index contributed by atoms with van der Waals surface area (Å²) in [6.07, 6.45) is -0.539. The van der Waals surface area contributed by atoms with E-state index in [1.807, 2.05) is 29.2 Å². The van der Waals surface area contributed by atoms with E-state index in [0.29, 0.717) is 17.8 Å². The Morgan fingerprint density at radius 1 is 1.16 bits per heavy atom. The number of halogens is 3. The maximum absolute atomic E-state index is 13.4. The molecule has 1 aromatic carbocycles. The number of hydrogen-bond donors (Lipinski definition) is 0. The molecule has 32 heavy (non-hydrogen) atoms. The SMILES string of the molecule is Cc1c(C(=O)N2CCCC2c2nc3ccccc3s2)cnn1-c1ccc(C(F)(F)F)cn1. The van der Waals surface area contributed by atoms with Gasteiger partial charge in [-0.05, 0) is 44.0 Å². The van der Waals surface area contributed by atoms with E-state index in [1.165, 1.54) is 16.9 Å². The van der Waals surface area contributed by atoms with Crippen LogP contribution in [-0.2, 0) is 6.18 Å². The molecule has 10 heteroatoms. The lowest BCUT2D eigenvalue weighted by molar-refractivity contribution is -0.137. The van der Waals surface area contributed by atoms with E-state index >= 15 is 0 Å². The smallest absolute Gasteiger partial charge is 0.329 e. The van der Waals surface area contributed by atoms with Crippen molar-refractivity contribution in [2.75, 3.05) is 6.54 Å². The van der Waals surface area contributed by atoms with E-state index in [9.17, 15) is 18.0 Å². The second kappa shape index (κ2) is 7.70. The van der Waals surface area contributed by atoms with Gasteiger partial charge < -0.3 is 4.90 Å². The van der Waals surface area contributed by atoms with E-state index in [0.717, 1.165) is 40.3 Å². The number of fused-ring (bicyclic) bond motifs is 1. The van der Waals surface area contributed by atoms with Crippen LogP contribution in [0.25, 0.3) is 16.0 Å². The summed E-state index contributed by atoms with van der Waals surface area (Å²) in [7, 11) is 0. The van der Waals surface area contributed by atoms with Gasteiger partial charge in [0.1, 0.15) is 5.01 Å². The largest absolute Gasteiger partial charge is 0.417 e. The molecule has 1 atom stereocenters. The standard InChI is InChI=1S/C22H18F3N5OS/c1-13-15(12-27-30(13)19-9-8-14(11-26-19)22(23,24)25)21(31)29-10-4-6-17(29)20-28-16-5-2-3-7-18(16)32-20/h2-3,5,7-9,11-12,17H,4,6,10H2,1H3. The lowest BCUT2D eigenvalue weighted by Gasteiger charge is -2.23. The molecular formula is C22H18F3N5OS. The Hall–Kier alpha value is -3.27.